The van der Waals surface area contributed by atoms with E-state index in [9.17, 15) is 25.9 Å². The summed E-state index contributed by atoms with van der Waals surface area (Å²) >= 11 is 0. The fourth-order valence-electron chi connectivity index (χ4n) is 1.72. The van der Waals surface area contributed by atoms with Crippen molar-refractivity contribution in [3.8, 4) is 0 Å². The Morgan fingerprint density at radius 2 is 0.950 bits per heavy atom. The number of piperazine rings is 1. The summed E-state index contributed by atoms with van der Waals surface area (Å²) in [4.78, 5) is 3.66. The van der Waals surface area contributed by atoms with Gasteiger partial charge in [0.1, 0.15) is 0 Å². The van der Waals surface area contributed by atoms with Crippen molar-refractivity contribution < 1.29 is 85.1 Å². The number of hydrogen-bond acceptors (Lipinski definition) is 8. The van der Waals surface area contributed by atoms with Gasteiger partial charge < -0.3 is 9.11 Å². The topological polar surface area (TPSA) is 121 Å². The van der Waals surface area contributed by atoms with Gasteiger partial charge in [0.15, 0.2) is 0 Å². The first kappa shape index (κ1) is 24.0. The summed E-state index contributed by atoms with van der Waals surface area (Å²) in [6, 6.07) is 0. The first-order valence-electron chi connectivity index (χ1n) is 5.47. The standard InChI is InChI=1S/C8H18N2O6S2.2Na/c11-17(12,13)7-5-9-1-2-10(4-3-9)6-8-18(14,15)16;;/h1-8H2,(H,11,12,13)(H,14,15,16);;/q;2*+1/p-2. The molecular weight excluding hydrogens is 330 g/mol. The fraction of sp³-hybridized carbons (Fsp3) is 1.00. The minimum absolute atomic E-state index is 0. The summed E-state index contributed by atoms with van der Waals surface area (Å²) in [6.45, 7) is 2.64. The van der Waals surface area contributed by atoms with Gasteiger partial charge in [-0.3, -0.25) is 9.80 Å². The maximum Gasteiger partial charge on any atom is 1.00 e. The third kappa shape index (κ3) is 12.3. The van der Waals surface area contributed by atoms with Crippen LogP contribution in [0.1, 0.15) is 0 Å². The number of rotatable bonds is 6. The smallest absolute Gasteiger partial charge is 0.748 e. The Hall–Kier alpha value is 1.74. The zero-order valence-electron chi connectivity index (χ0n) is 11.8. The van der Waals surface area contributed by atoms with Crippen molar-refractivity contribution in [3.63, 3.8) is 0 Å². The minimum atomic E-state index is -4.19. The zero-order chi connectivity index (χ0) is 13.8. The quantitative estimate of drug-likeness (QED) is 0.343. The van der Waals surface area contributed by atoms with Crippen LogP contribution in [0.2, 0.25) is 0 Å². The van der Waals surface area contributed by atoms with Crippen LogP contribution in [0.15, 0.2) is 0 Å². The van der Waals surface area contributed by atoms with E-state index >= 15 is 0 Å². The molecule has 0 atom stereocenters. The van der Waals surface area contributed by atoms with Gasteiger partial charge in [-0.2, -0.15) is 0 Å². The predicted molar refractivity (Wildman–Crippen MR) is 62.0 cm³/mol. The number of hydrogen-bond donors (Lipinski definition) is 0. The summed E-state index contributed by atoms with van der Waals surface area (Å²) in [7, 11) is -8.39. The average Bonchev–Trinajstić information content (AvgIpc) is 2.23. The Labute approximate surface area is 164 Å². The SMILES string of the molecule is O=S(=O)([O-])CCN1CCN(CCS(=O)(=O)[O-])CC1.[Na+].[Na+]. The fourth-order valence-corrected chi connectivity index (χ4v) is 2.68. The Bertz CT molecular complexity index is 417. The first-order valence-corrected chi connectivity index (χ1v) is 8.63. The second kappa shape index (κ2) is 10.5. The van der Waals surface area contributed by atoms with Crippen molar-refractivity contribution in [1.29, 1.82) is 0 Å². The summed E-state index contributed by atoms with van der Waals surface area (Å²) in [5, 5.41) is 0. The largest absolute Gasteiger partial charge is 1.00 e. The maximum absolute atomic E-state index is 10.5. The van der Waals surface area contributed by atoms with Gasteiger partial charge in [0, 0.05) is 39.3 Å². The van der Waals surface area contributed by atoms with Crippen molar-refractivity contribution in [1.82, 2.24) is 9.80 Å². The molecule has 1 fully saturated rings. The molecule has 0 unspecified atom stereocenters. The van der Waals surface area contributed by atoms with Crippen LogP contribution in [-0.4, -0.2) is 86.5 Å². The molecular formula is C8H16N2Na2O6S2. The van der Waals surface area contributed by atoms with Crippen LogP contribution in [0.3, 0.4) is 0 Å². The third-order valence-corrected chi connectivity index (χ3v) is 4.15. The van der Waals surface area contributed by atoms with E-state index in [1.54, 1.807) is 0 Å². The van der Waals surface area contributed by atoms with E-state index in [0.29, 0.717) is 26.2 Å². The van der Waals surface area contributed by atoms with Crippen LogP contribution in [0.4, 0.5) is 0 Å². The number of nitrogens with zero attached hydrogens (tertiary/aromatic N) is 2. The second-order valence-corrected chi connectivity index (χ2v) is 7.25. The average molecular weight is 346 g/mol. The molecule has 1 aliphatic rings. The van der Waals surface area contributed by atoms with Gasteiger partial charge in [-0.05, 0) is 0 Å². The van der Waals surface area contributed by atoms with Gasteiger partial charge in [-0.1, -0.05) is 0 Å². The first-order chi connectivity index (χ1) is 8.16. The molecule has 0 N–H and O–H groups in total. The summed E-state index contributed by atoms with van der Waals surface area (Å²) in [5.41, 5.74) is 0. The van der Waals surface area contributed by atoms with Crippen LogP contribution in [-0.2, 0) is 20.2 Å². The maximum atomic E-state index is 10.5. The molecule has 0 spiro atoms. The van der Waals surface area contributed by atoms with Gasteiger partial charge in [0.05, 0.1) is 31.7 Å². The van der Waals surface area contributed by atoms with Crippen LogP contribution in [0.25, 0.3) is 0 Å². The predicted octanol–water partition coefficient (Wildman–Crippen LogP) is -8.30. The Morgan fingerprint density at radius 3 is 1.15 bits per heavy atom. The summed E-state index contributed by atoms with van der Waals surface area (Å²) in [5.74, 6) is -0.829. The molecule has 8 nitrogen and oxygen atoms in total. The molecule has 0 amide bonds. The van der Waals surface area contributed by atoms with Crippen LogP contribution in [0, 0.1) is 0 Å². The molecule has 0 radical (unpaired) electrons. The van der Waals surface area contributed by atoms with Gasteiger partial charge in [0.2, 0.25) is 0 Å². The molecule has 0 aliphatic carbocycles. The summed E-state index contributed by atoms with van der Waals surface area (Å²) < 4.78 is 62.7. The second-order valence-electron chi connectivity index (χ2n) is 4.21. The molecule has 1 rings (SSSR count). The Kier molecular flexibility index (Phi) is 12.6. The molecule has 12 heteroatoms. The Balaban J connectivity index is 0. The van der Waals surface area contributed by atoms with E-state index in [0.717, 1.165) is 0 Å². The molecule has 0 aromatic rings. The zero-order valence-corrected chi connectivity index (χ0v) is 17.5. The Morgan fingerprint density at radius 1 is 0.700 bits per heavy atom. The molecule has 0 saturated carbocycles. The van der Waals surface area contributed by atoms with Crippen molar-refractivity contribution in [2.45, 2.75) is 0 Å². The van der Waals surface area contributed by atoms with Gasteiger partial charge >= 0.3 is 59.1 Å². The molecule has 20 heavy (non-hydrogen) atoms. The third-order valence-electron chi connectivity index (χ3n) is 2.78. The summed E-state index contributed by atoms with van der Waals surface area (Å²) in [6.07, 6.45) is 0. The van der Waals surface area contributed by atoms with Crippen LogP contribution in [0.5, 0.6) is 0 Å². The van der Waals surface area contributed by atoms with Crippen LogP contribution < -0.4 is 59.1 Å². The van der Waals surface area contributed by atoms with E-state index in [-0.39, 0.29) is 72.2 Å². The monoisotopic (exact) mass is 346 g/mol. The molecule has 108 valence electrons. The van der Waals surface area contributed by atoms with E-state index < -0.39 is 31.7 Å². The van der Waals surface area contributed by atoms with Gasteiger partial charge in [0.25, 0.3) is 0 Å². The van der Waals surface area contributed by atoms with Crippen molar-refractivity contribution in [2.24, 2.45) is 0 Å². The normalized spacial score (nSPS) is 18.1. The van der Waals surface area contributed by atoms with E-state index in [1.807, 2.05) is 9.80 Å². The van der Waals surface area contributed by atoms with Gasteiger partial charge in [-0.25, -0.2) is 16.8 Å². The molecule has 1 aliphatic heterocycles. The molecule has 1 saturated heterocycles. The van der Waals surface area contributed by atoms with E-state index in [1.165, 1.54) is 0 Å². The van der Waals surface area contributed by atoms with Crippen molar-refractivity contribution >= 4 is 20.2 Å². The molecule has 0 aromatic heterocycles. The van der Waals surface area contributed by atoms with Crippen molar-refractivity contribution in [2.75, 3.05) is 50.8 Å². The minimum Gasteiger partial charge on any atom is -0.748 e. The van der Waals surface area contributed by atoms with Gasteiger partial charge in [-0.15, -0.1) is 0 Å². The molecule has 1 heterocycles. The molecule has 0 aromatic carbocycles. The van der Waals surface area contributed by atoms with Crippen molar-refractivity contribution in [3.05, 3.63) is 0 Å². The van der Waals surface area contributed by atoms with E-state index in [2.05, 4.69) is 0 Å². The van der Waals surface area contributed by atoms with Crippen LogP contribution >= 0.6 is 0 Å². The van der Waals surface area contributed by atoms with E-state index in [4.69, 9.17) is 0 Å². The molecule has 0 bridgehead atoms.